The van der Waals surface area contributed by atoms with E-state index in [2.05, 4.69) is 10.6 Å². The van der Waals surface area contributed by atoms with Crippen molar-refractivity contribution < 1.29 is 28.6 Å². The van der Waals surface area contributed by atoms with Gasteiger partial charge in [0.1, 0.15) is 18.4 Å². The Kier molecular flexibility index (Phi) is 10.4. The van der Waals surface area contributed by atoms with E-state index in [-0.39, 0.29) is 30.0 Å². The summed E-state index contributed by atoms with van der Waals surface area (Å²) in [5.74, 6) is -0.533. The maximum absolute atomic E-state index is 12.7. The number of hydrogen-bond donors (Lipinski definition) is 2. The molecule has 1 aliphatic rings. The first-order chi connectivity index (χ1) is 15.3. The van der Waals surface area contributed by atoms with Gasteiger partial charge in [0.25, 0.3) is 5.91 Å². The highest BCUT2D eigenvalue weighted by Crippen LogP contribution is 2.15. The molecule has 2 amide bonds. The van der Waals surface area contributed by atoms with Gasteiger partial charge < -0.3 is 24.4 Å². The highest BCUT2D eigenvalue weighted by Gasteiger charge is 2.34. The number of amides is 2. The van der Waals surface area contributed by atoms with Crippen LogP contribution < -0.4 is 15.4 Å². The molecule has 176 valence electrons. The Hall–Kier alpha value is -2.72. The third-order valence-electron chi connectivity index (χ3n) is 4.55. The molecule has 0 radical (unpaired) electrons. The molecule has 1 fully saturated rings. The third kappa shape index (κ3) is 8.08. The summed E-state index contributed by atoms with van der Waals surface area (Å²) in [4.78, 5) is 38.8. The lowest BCUT2D eigenvalue weighted by Gasteiger charge is -2.36. The van der Waals surface area contributed by atoms with Crippen molar-refractivity contribution in [1.29, 1.82) is 0 Å². The van der Waals surface area contributed by atoms with Crippen molar-refractivity contribution >= 4 is 35.1 Å². The molecule has 0 spiro atoms. The molecule has 10 heteroatoms. The van der Waals surface area contributed by atoms with E-state index in [4.69, 9.17) is 26.4 Å². The second-order valence-corrected chi connectivity index (χ2v) is 8.00. The van der Waals surface area contributed by atoms with E-state index in [1.165, 1.54) is 0 Å². The van der Waals surface area contributed by atoms with E-state index >= 15 is 0 Å². The van der Waals surface area contributed by atoms with Crippen LogP contribution in [0.15, 0.2) is 24.3 Å². The van der Waals surface area contributed by atoms with Crippen molar-refractivity contribution in [3.8, 4) is 5.75 Å². The van der Waals surface area contributed by atoms with E-state index in [1.54, 1.807) is 29.2 Å². The summed E-state index contributed by atoms with van der Waals surface area (Å²) in [5.41, 5.74) is 0.357. The molecule has 1 aromatic carbocycles. The molecule has 0 aromatic heterocycles. The maximum atomic E-state index is 12.7. The van der Waals surface area contributed by atoms with Crippen molar-refractivity contribution in [1.82, 2.24) is 15.5 Å². The Morgan fingerprint density at radius 2 is 2.09 bits per heavy atom. The Balaban J connectivity index is 1.98. The zero-order valence-corrected chi connectivity index (χ0v) is 19.5. The molecule has 32 heavy (non-hydrogen) atoms. The van der Waals surface area contributed by atoms with E-state index in [1.807, 2.05) is 20.8 Å². The van der Waals surface area contributed by atoms with Gasteiger partial charge in [0.2, 0.25) is 5.91 Å². The van der Waals surface area contributed by atoms with Crippen LogP contribution in [-0.4, -0.2) is 73.4 Å². The first-order valence-corrected chi connectivity index (χ1v) is 11.1. The normalized spacial score (nSPS) is 15.8. The molecule has 1 aromatic rings. The molecule has 2 rings (SSSR count). The van der Waals surface area contributed by atoms with Crippen LogP contribution in [0.5, 0.6) is 5.75 Å². The van der Waals surface area contributed by atoms with Crippen LogP contribution in [0, 0.1) is 5.92 Å². The Bertz CT molecular complexity index is 817. The summed E-state index contributed by atoms with van der Waals surface area (Å²) < 4.78 is 16.0. The zero-order chi connectivity index (χ0) is 23.5. The molecule has 1 unspecified atom stereocenters. The average molecular weight is 466 g/mol. The summed E-state index contributed by atoms with van der Waals surface area (Å²) in [6, 6.07) is 5.85. The highest BCUT2D eigenvalue weighted by molar-refractivity contribution is 7.80. The average Bonchev–Trinajstić information content (AvgIpc) is 2.76. The Morgan fingerprint density at radius 1 is 1.31 bits per heavy atom. The zero-order valence-electron chi connectivity index (χ0n) is 18.7. The van der Waals surface area contributed by atoms with Crippen molar-refractivity contribution in [3.63, 3.8) is 0 Å². The lowest BCUT2D eigenvalue weighted by molar-refractivity contribution is -0.148. The van der Waals surface area contributed by atoms with Crippen LogP contribution in [0.2, 0.25) is 0 Å². The smallest absolute Gasteiger partial charge is 0.308 e. The SMILES string of the molecule is CCOCCOc1cccc(C(=O)NC(=S)N2CCNC(=O)C2CC(=O)OCC(C)C)c1. The molecule has 1 atom stereocenters. The Labute approximate surface area is 193 Å². The standard InChI is InChI=1S/C22H31N3O6S/c1-4-29-10-11-30-17-7-5-6-16(12-17)20(27)24-22(32)25-9-8-23-21(28)18(25)13-19(26)31-14-15(2)3/h5-7,12,15,18H,4,8-11,13-14H2,1-3H3,(H,23,28)(H,24,27,32). The Morgan fingerprint density at radius 3 is 2.81 bits per heavy atom. The second-order valence-electron chi connectivity index (χ2n) is 7.61. The molecule has 1 aliphatic heterocycles. The largest absolute Gasteiger partial charge is 0.491 e. The van der Waals surface area contributed by atoms with Gasteiger partial charge in [-0.15, -0.1) is 0 Å². The number of piperazine rings is 1. The van der Waals surface area contributed by atoms with Crippen molar-refractivity contribution in [2.45, 2.75) is 33.2 Å². The third-order valence-corrected chi connectivity index (χ3v) is 4.88. The molecular formula is C22H31N3O6S. The van der Waals surface area contributed by atoms with Gasteiger partial charge in [-0.05, 0) is 43.3 Å². The number of nitrogens with one attached hydrogen (secondary N) is 2. The molecule has 1 saturated heterocycles. The highest BCUT2D eigenvalue weighted by atomic mass is 32.1. The molecule has 0 aliphatic carbocycles. The van der Waals surface area contributed by atoms with Gasteiger partial charge >= 0.3 is 5.97 Å². The van der Waals surface area contributed by atoms with Crippen LogP contribution in [0.25, 0.3) is 0 Å². The number of esters is 1. The molecule has 0 bridgehead atoms. The van der Waals surface area contributed by atoms with Crippen LogP contribution >= 0.6 is 12.2 Å². The predicted molar refractivity (Wildman–Crippen MR) is 122 cm³/mol. The quantitative estimate of drug-likeness (QED) is 0.304. The number of carbonyl (C=O) groups is 3. The molecule has 2 N–H and O–H groups in total. The van der Waals surface area contributed by atoms with Crippen LogP contribution in [0.3, 0.4) is 0 Å². The fraction of sp³-hybridized carbons (Fsp3) is 0.545. The number of nitrogens with zero attached hydrogens (tertiary/aromatic N) is 1. The fourth-order valence-electron chi connectivity index (χ4n) is 2.97. The summed E-state index contributed by atoms with van der Waals surface area (Å²) in [5, 5.41) is 5.45. The van der Waals surface area contributed by atoms with Gasteiger partial charge in [-0.1, -0.05) is 19.9 Å². The lowest BCUT2D eigenvalue weighted by atomic mass is 10.1. The minimum Gasteiger partial charge on any atom is -0.491 e. The van der Waals surface area contributed by atoms with Crippen molar-refractivity contribution in [2.24, 2.45) is 5.92 Å². The molecular weight excluding hydrogens is 434 g/mol. The van der Waals surface area contributed by atoms with E-state index in [0.717, 1.165) is 0 Å². The molecule has 9 nitrogen and oxygen atoms in total. The maximum Gasteiger partial charge on any atom is 0.308 e. The second kappa shape index (κ2) is 13.0. The van der Waals surface area contributed by atoms with Gasteiger partial charge in [0.05, 0.1) is 19.6 Å². The number of carbonyl (C=O) groups excluding carboxylic acids is 3. The first-order valence-electron chi connectivity index (χ1n) is 10.7. The van der Waals surface area contributed by atoms with E-state index in [0.29, 0.717) is 44.2 Å². The van der Waals surface area contributed by atoms with Crippen LogP contribution in [0.4, 0.5) is 0 Å². The number of benzene rings is 1. The number of rotatable bonds is 10. The number of hydrogen-bond acceptors (Lipinski definition) is 7. The van der Waals surface area contributed by atoms with Gasteiger partial charge in [-0.2, -0.15) is 0 Å². The first kappa shape index (κ1) is 25.5. The monoisotopic (exact) mass is 465 g/mol. The predicted octanol–water partition coefficient (Wildman–Crippen LogP) is 1.51. The molecule has 0 saturated carbocycles. The minimum atomic E-state index is -0.843. The summed E-state index contributed by atoms with van der Waals surface area (Å²) >= 11 is 5.39. The fourth-order valence-corrected chi connectivity index (χ4v) is 3.28. The van der Waals surface area contributed by atoms with Gasteiger partial charge in [0.15, 0.2) is 5.11 Å². The number of thiocarbonyl (C=S) groups is 1. The summed E-state index contributed by atoms with van der Waals surface area (Å²) in [6.07, 6.45) is -0.155. The van der Waals surface area contributed by atoms with Crippen LogP contribution in [-0.2, 0) is 19.1 Å². The molecule has 1 heterocycles. The van der Waals surface area contributed by atoms with Gasteiger partial charge in [-0.25, -0.2) is 0 Å². The van der Waals surface area contributed by atoms with E-state index in [9.17, 15) is 14.4 Å². The van der Waals surface area contributed by atoms with Crippen molar-refractivity contribution in [2.75, 3.05) is 39.5 Å². The van der Waals surface area contributed by atoms with Gasteiger partial charge in [-0.3, -0.25) is 19.7 Å². The summed E-state index contributed by atoms with van der Waals surface area (Å²) in [6.45, 7) is 8.19. The van der Waals surface area contributed by atoms with Crippen LogP contribution in [0.1, 0.15) is 37.6 Å². The lowest BCUT2D eigenvalue weighted by Crippen LogP contribution is -2.60. The van der Waals surface area contributed by atoms with Crippen molar-refractivity contribution in [3.05, 3.63) is 29.8 Å². The minimum absolute atomic E-state index is 0.0779. The summed E-state index contributed by atoms with van der Waals surface area (Å²) in [7, 11) is 0. The van der Waals surface area contributed by atoms with Gasteiger partial charge in [0, 0.05) is 25.3 Å². The van der Waals surface area contributed by atoms with E-state index < -0.39 is 17.9 Å². The topological polar surface area (TPSA) is 106 Å². The number of ether oxygens (including phenoxy) is 3.